The van der Waals surface area contributed by atoms with Gasteiger partial charge in [0.05, 0.1) is 29.5 Å². The van der Waals surface area contributed by atoms with Crippen molar-refractivity contribution in [2.45, 2.75) is 33.8 Å². The van der Waals surface area contributed by atoms with Crippen molar-refractivity contribution < 1.29 is 9.26 Å². The summed E-state index contributed by atoms with van der Waals surface area (Å²) in [6, 6.07) is 2.00. The largest absolute Gasteiger partial charge is 0.382 e. The number of anilines is 1. The number of aryl methyl sites for hydroxylation is 2. The second-order valence-electron chi connectivity index (χ2n) is 4.61. The molecule has 2 heterocycles. The molecule has 0 unspecified atom stereocenters. The molecule has 0 saturated heterocycles. The molecule has 5 heteroatoms. The average Bonchev–Trinajstić information content (AvgIpc) is 2.66. The monoisotopic (exact) mass is 249 g/mol. The van der Waals surface area contributed by atoms with Crippen LogP contribution >= 0.6 is 0 Å². The molecule has 0 radical (unpaired) electrons. The minimum Gasteiger partial charge on any atom is -0.382 e. The second-order valence-corrected chi connectivity index (χ2v) is 4.61. The summed E-state index contributed by atoms with van der Waals surface area (Å²) in [5, 5.41) is 8.24. The summed E-state index contributed by atoms with van der Waals surface area (Å²) in [4.78, 5) is 4.31. The van der Waals surface area contributed by atoms with Crippen LogP contribution in [-0.2, 0) is 4.74 Å². The first-order valence-corrected chi connectivity index (χ1v) is 6.17. The van der Waals surface area contributed by atoms with Gasteiger partial charge in [-0.1, -0.05) is 5.16 Å². The Labute approximate surface area is 107 Å². The van der Waals surface area contributed by atoms with E-state index in [0.29, 0.717) is 12.3 Å². The van der Waals surface area contributed by atoms with E-state index in [0.717, 1.165) is 29.0 Å². The summed E-state index contributed by atoms with van der Waals surface area (Å²) in [7, 11) is 0. The van der Waals surface area contributed by atoms with Crippen LogP contribution in [0.25, 0.3) is 11.1 Å². The lowest BCUT2D eigenvalue weighted by molar-refractivity contribution is 0.0871. The molecule has 98 valence electrons. The Balaban J connectivity index is 2.14. The molecule has 0 aliphatic rings. The number of nitrogens with one attached hydrogen (secondary N) is 1. The summed E-state index contributed by atoms with van der Waals surface area (Å²) in [6.07, 6.45) is 0.253. The van der Waals surface area contributed by atoms with Gasteiger partial charge in [-0.3, -0.25) is 0 Å². The zero-order valence-corrected chi connectivity index (χ0v) is 11.3. The smallest absolute Gasteiger partial charge is 0.260 e. The number of rotatable bonds is 5. The molecular weight excluding hydrogens is 230 g/mol. The van der Waals surface area contributed by atoms with Gasteiger partial charge in [-0.2, -0.15) is 0 Å². The predicted molar refractivity (Wildman–Crippen MR) is 70.9 cm³/mol. The minimum atomic E-state index is 0.253. The molecule has 18 heavy (non-hydrogen) atoms. The van der Waals surface area contributed by atoms with Crippen molar-refractivity contribution in [2.24, 2.45) is 0 Å². The van der Waals surface area contributed by atoms with E-state index in [1.165, 1.54) is 0 Å². The molecule has 2 aromatic heterocycles. The third kappa shape index (κ3) is 2.79. The van der Waals surface area contributed by atoms with E-state index >= 15 is 0 Å². The van der Waals surface area contributed by atoms with Gasteiger partial charge in [-0.15, -0.1) is 0 Å². The highest BCUT2D eigenvalue weighted by Crippen LogP contribution is 2.25. The van der Waals surface area contributed by atoms with Crippen LogP contribution < -0.4 is 5.32 Å². The number of pyridine rings is 1. The summed E-state index contributed by atoms with van der Waals surface area (Å²) in [5.74, 6) is 0. The van der Waals surface area contributed by atoms with Gasteiger partial charge in [0.1, 0.15) is 0 Å². The fourth-order valence-corrected chi connectivity index (χ4v) is 1.84. The number of nitrogens with zero attached hydrogens (tertiary/aromatic N) is 2. The normalized spacial score (nSPS) is 11.4. The molecule has 2 rings (SSSR count). The molecule has 0 fully saturated rings. The lowest BCUT2D eigenvalue weighted by Gasteiger charge is -2.10. The SMILES string of the molecule is Cc1cc(NCCOC(C)C)c2c(C)noc2n1. The molecule has 0 saturated carbocycles. The second kappa shape index (κ2) is 5.35. The molecule has 5 nitrogen and oxygen atoms in total. The van der Waals surface area contributed by atoms with E-state index < -0.39 is 0 Å². The van der Waals surface area contributed by atoms with Crippen molar-refractivity contribution in [1.82, 2.24) is 10.1 Å². The van der Waals surface area contributed by atoms with E-state index in [2.05, 4.69) is 15.5 Å². The fourth-order valence-electron chi connectivity index (χ4n) is 1.84. The maximum atomic E-state index is 5.50. The maximum Gasteiger partial charge on any atom is 0.260 e. The van der Waals surface area contributed by atoms with Gasteiger partial charge in [0, 0.05) is 12.2 Å². The van der Waals surface area contributed by atoms with Crippen LogP contribution in [0.5, 0.6) is 0 Å². The van der Waals surface area contributed by atoms with Gasteiger partial charge in [-0.05, 0) is 33.8 Å². The maximum absolute atomic E-state index is 5.50. The number of ether oxygens (including phenoxy) is 1. The van der Waals surface area contributed by atoms with E-state index in [1.54, 1.807) is 0 Å². The average molecular weight is 249 g/mol. The predicted octanol–water partition coefficient (Wildman–Crippen LogP) is 2.68. The Kier molecular flexibility index (Phi) is 3.81. The third-order valence-corrected chi connectivity index (χ3v) is 2.61. The molecule has 0 aliphatic carbocycles. The first-order valence-electron chi connectivity index (χ1n) is 6.17. The van der Waals surface area contributed by atoms with Crippen LogP contribution in [0.2, 0.25) is 0 Å². The first-order chi connectivity index (χ1) is 8.58. The Morgan fingerprint density at radius 1 is 1.39 bits per heavy atom. The Bertz CT molecular complexity index is 534. The van der Waals surface area contributed by atoms with E-state index in [1.807, 2.05) is 33.8 Å². The highest BCUT2D eigenvalue weighted by Gasteiger charge is 2.11. The molecular formula is C13H19N3O2. The fraction of sp³-hybridized carbons (Fsp3) is 0.538. The van der Waals surface area contributed by atoms with Gasteiger partial charge in [0.25, 0.3) is 5.71 Å². The quantitative estimate of drug-likeness (QED) is 0.825. The molecule has 1 N–H and O–H groups in total. The van der Waals surface area contributed by atoms with E-state index in [9.17, 15) is 0 Å². The van der Waals surface area contributed by atoms with Crippen LogP contribution in [0, 0.1) is 13.8 Å². The van der Waals surface area contributed by atoms with E-state index in [4.69, 9.17) is 9.26 Å². The van der Waals surface area contributed by atoms with Crippen molar-refractivity contribution in [3.8, 4) is 0 Å². The Morgan fingerprint density at radius 3 is 2.89 bits per heavy atom. The van der Waals surface area contributed by atoms with Crippen molar-refractivity contribution >= 4 is 16.8 Å². The topological polar surface area (TPSA) is 60.2 Å². The summed E-state index contributed by atoms with van der Waals surface area (Å²) in [6.45, 7) is 9.33. The summed E-state index contributed by atoms with van der Waals surface area (Å²) >= 11 is 0. The van der Waals surface area contributed by atoms with E-state index in [-0.39, 0.29) is 6.10 Å². The molecule has 0 amide bonds. The van der Waals surface area contributed by atoms with Crippen molar-refractivity contribution in [3.63, 3.8) is 0 Å². The van der Waals surface area contributed by atoms with Crippen LogP contribution in [0.4, 0.5) is 5.69 Å². The molecule has 0 spiro atoms. The number of hydrogen-bond donors (Lipinski definition) is 1. The van der Waals surface area contributed by atoms with Crippen LogP contribution in [-0.4, -0.2) is 29.4 Å². The molecule has 0 bridgehead atoms. The molecule has 0 aliphatic heterocycles. The van der Waals surface area contributed by atoms with Crippen LogP contribution in [0.15, 0.2) is 10.6 Å². The number of hydrogen-bond acceptors (Lipinski definition) is 5. The van der Waals surface area contributed by atoms with Crippen molar-refractivity contribution in [3.05, 3.63) is 17.5 Å². The zero-order valence-electron chi connectivity index (χ0n) is 11.3. The summed E-state index contributed by atoms with van der Waals surface area (Å²) < 4.78 is 10.7. The van der Waals surface area contributed by atoms with Crippen LogP contribution in [0.1, 0.15) is 25.2 Å². The standard InChI is InChI=1S/C13H19N3O2/c1-8(2)17-6-5-14-11-7-9(3)15-13-12(11)10(4)16-18-13/h7-8H,5-6H2,1-4H3,(H,14,15). The number of fused-ring (bicyclic) bond motifs is 1. The first kappa shape index (κ1) is 12.8. The van der Waals surface area contributed by atoms with Crippen molar-refractivity contribution in [1.29, 1.82) is 0 Å². The molecule has 2 aromatic rings. The Hall–Kier alpha value is -1.62. The summed E-state index contributed by atoms with van der Waals surface area (Å²) in [5.41, 5.74) is 3.35. The number of aromatic nitrogens is 2. The lowest BCUT2D eigenvalue weighted by atomic mass is 10.2. The van der Waals surface area contributed by atoms with Crippen LogP contribution in [0.3, 0.4) is 0 Å². The van der Waals surface area contributed by atoms with Gasteiger partial charge < -0.3 is 14.6 Å². The third-order valence-electron chi connectivity index (χ3n) is 2.61. The van der Waals surface area contributed by atoms with Gasteiger partial charge >= 0.3 is 0 Å². The minimum absolute atomic E-state index is 0.253. The van der Waals surface area contributed by atoms with Crippen molar-refractivity contribution in [2.75, 3.05) is 18.5 Å². The molecule has 0 aromatic carbocycles. The van der Waals surface area contributed by atoms with Gasteiger partial charge in [0.15, 0.2) is 0 Å². The highest BCUT2D eigenvalue weighted by molar-refractivity contribution is 5.90. The van der Waals surface area contributed by atoms with Gasteiger partial charge in [0.2, 0.25) is 0 Å². The highest BCUT2D eigenvalue weighted by atomic mass is 16.5. The van der Waals surface area contributed by atoms with Gasteiger partial charge in [-0.25, -0.2) is 4.98 Å². The molecule has 0 atom stereocenters. The Morgan fingerprint density at radius 2 is 2.17 bits per heavy atom. The zero-order chi connectivity index (χ0) is 13.1. The lowest BCUT2D eigenvalue weighted by Crippen LogP contribution is -2.13.